The fourth-order valence-electron chi connectivity index (χ4n) is 3.99. The maximum atomic E-state index is 12.8. The van der Waals surface area contributed by atoms with Gasteiger partial charge >= 0.3 is 0 Å². The first kappa shape index (κ1) is 18.8. The van der Waals surface area contributed by atoms with Crippen molar-refractivity contribution in [3.05, 3.63) is 83.6 Å². The van der Waals surface area contributed by atoms with Crippen LogP contribution < -0.4 is 0 Å². The third kappa shape index (κ3) is 3.78. The van der Waals surface area contributed by atoms with Gasteiger partial charge in [-0.05, 0) is 48.7 Å². The fraction of sp³-hybridized carbons (Fsp3) is 0.208. The van der Waals surface area contributed by atoms with Gasteiger partial charge in [-0.3, -0.25) is 9.20 Å². The van der Waals surface area contributed by atoms with Crippen LogP contribution in [0, 0.1) is 0 Å². The molecule has 30 heavy (non-hydrogen) atoms. The highest BCUT2D eigenvalue weighted by Gasteiger charge is 2.27. The van der Waals surface area contributed by atoms with Crippen molar-refractivity contribution in [2.45, 2.75) is 18.8 Å². The van der Waals surface area contributed by atoms with E-state index < -0.39 is 0 Å². The van der Waals surface area contributed by atoms with Gasteiger partial charge in [0, 0.05) is 41.0 Å². The van der Waals surface area contributed by atoms with Crippen LogP contribution in [0.2, 0.25) is 0 Å². The number of carbonyl (C=O) groups is 1. The Morgan fingerprint density at radius 1 is 1.03 bits per heavy atom. The number of likely N-dealkylation sites (tertiary alicyclic amines) is 1. The summed E-state index contributed by atoms with van der Waals surface area (Å²) in [6.07, 6.45) is 7.62. The van der Waals surface area contributed by atoms with Crippen molar-refractivity contribution in [3.8, 4) is 10.4 Å². The van der Waals surface area contributed by atoms with Crippen molar-refractivity contribution < 1.29 is 4.79 Å². The number of hydrogen-bond acceptors (Lipinski definition) is 4. The summed E-state index contributed by atoms with van der Waals surface area (Å²) in [7, 11) is 0. The quantitative estimate of drug-likeness (QED) is 0.447. The average Bonchev–Trinajstić information content (AvgIpc) is 3.45. The molecule has 4 aromatic rings. The number of amides is 1. The molecular formula is C24H22N4OS. The number of hydrogen-bond donors (Lipinski definition) is 0. The smallest absolute Gasteiger partial charge is 0.246 e. The van der Waals surface area contributed by atoms with Crippen LogP contribution in [-0.2, 0) is 4.79 Å². The van der Waals surface area contributed by atoms with Gasteiger partial charge < -0.3 is 4.90 Å². The maximum Gasteiger partial charge on any atom is 0.246 e. The predicted molar refractivity (Wildman–Crippen MR) is 120 cm³/mol. The second-order valence-corrected chi connectivity index (χ2v) is 8.63. The average molecular weight is 415 g/mol. The van der Waals surface area contributed by atoms with E-state index in [-0.39, 0.29) is 11.8 Å². The second-order valence-electron chi connectivity index (χ2n) is 7.51. The molecule has 1 aliphatic heterocycles. The van der Waals surface area contributed by atoms with Crippen LogP contribution in [0.1, 0.15) is 29.5 Å². The second kappa shape index (κ2) is 8.24. The van der Waals surface area contributed by atoms with E-state index >= 15 is 0 Å². The number of rotatable bonds is 4. The molecule has 4 heterocycles. The van der Waals surface area contributed by atoms with Crippen LogP contribution in [-0.4, -0.2) is 38.5 Å². The van der Waals surface area contributed by atoms with Crippen molar-refractivity contribution in [2.24, 2.45) is 0 Å². The van der Waals surface area contributed by atoms with Gasteiger partial charge in [-0.2, -0.15) is 0 Å². The first-order valence-electron chi connectivity index (χ1n) is 10.2. The lowest BCUT2D eigenvalue weighted by Crippen LogP contribution is -2.38. The summed E-state index contributed by atoms with van der Waals surface area (Å²) < 4.78 is 2.03. The highest BCUT2D eigenvalue weighted by Crippen LogP contribution is 2.29. The van der Waals surface area contributed by atoms with E-state index in [4.69, 9.17) is 0 Å². The van der Waals surface area contributed by atoms with Crippen LogP contribution >= 0.6 is 11.3 Å². The first-order valence-corrected chi connectivity index (χ1v) is 11.0. The van der Waals surface area contributed by atoms with Crippen LogP contribution in [0.4, 0.5) is 0 Å². The van der Waals surface area contributed by atoms with Gasteiger partial charge in [0.05, 0.1) is 0 Å². The molecule has 1 saturated heterocycles. The zero-order chi connectivity index (χ0) is 20.3. The molecule has 0 radical (unpaired) electrons. The Hall–Kier alpha value is -3.25. The maximum absolute atomic E-state index is 12.8. The molecule has 1 aromatic carbocycles. The van der Waals surface area contributed by atoms with Gasteiger partial charge in [0.15, 0.2) is 5.65 Å². The molecule has 0 spiro atoms. The number of aromatic nitrogens is 3. The van der Waals surface area contributed by atoms with Crippen molar-refractivity contribution in [1.82, 2.24) is 19.5 Å². The SMILES string of the molecule is O=C(/C=C/c1ccc(-c2ccccc2)s1)N1CCCC(c2nnc3ccccn23)C1. The van der Waals surface area contributed by atoms with E-state index in [9.17, 15) is 4.79 Å². The Balaban J connectivity index is 1.28. The molecule has 6 heteroatoms. The molecule has 1 unspecified atom stereocenters. The lowest BCUT2D eigenvalue weighted by Gasteiger charge is -2.31. The molecule has 150 valence electrons. The molecule has 1 aliphatic rings. The third-order valence-corrected chi connectivity index (χ3v) is 6.61. The molecular weight excluding hydrogens is 392 g/mol. The van der Waals surface area contributed by atoms with E-state index in [1.165, 1.54) is 10.4 Å². The Morgan fingerprint density at radius 2 is 1.90 bits per heavy atom. The van der Waals surface area contributed by atoms with Gasteiger partial charge in [-0.15, -0.1) is 21.5 Å². The standard InChI is InChI=1S/C24H22N4OS/c29-23(14-12-20-11-13-21(30-20)18-7-2-1-3-8-18)27-15-6-9-19(17-27)24-26-25-22-10-4-5-16-28(22)24/h1-5,7-8,10-14,16,19H,6,9,15,17H2/b14-12+. The molecule has 1 amide bonds. The summed E-state index contributed by atoms with van der Waals surface area (Å²) in [5, 5.41) is 8.66. The lowest BCUT2D eigenvalue weighted by atomic mass is 9.97. The van der Waals surface area contributed by atoms with Gasteiger partial charge in [0.2, 0.25) is 5.91 Å². The first-order chi connectivity index (χ1) is 14.8. The van der Waals surface area contributed by atoms with Crippen LogP contribution in [0.25, 0.3) is 22.2 Å². The normalized spacial score (nSPS) is 17.1. The number of nitrogens with zero attached hydrogens (tertiary/aromatic N) is 4. The van der Waals surface area contributed by atoms with Gasteiger partial charge in [0.1, 0.15) is 5.82 Å². The minimum Gasteiger partial charge on any atom is -0.338 e. The van der Waals surface area contributed by atoms with Gasteiger partial charge in [-0.25, -0.2) is 0 Å². The number of benzene rings is 1. The van der Waals surface area contributed by atoms with E-state index in [0.29, 0.717) is 6.54 Å². The van der Waals surface area contributed by atoms with Crippen molar-refractivity contribution >= 4 is 29.0 Å². The van der Waals surface area contributed by atoms with Gasteiger partial charge in [0.25, 0.3) is 0 Å². The number of thiophene rings is 1. The summed E-state index contributed by atoms with van der Waals surface area (Å²) in [6.45, 7) is 1.47. The zero-order valence-corrected chi connectivity index (χ0v) is 17.3. The molecule has 3 aromatic heterocycles. The molecule has 0 saturated carbocycles. The highest BCUT2D eigenvalue weighted by molar-refractivity contribution is 7.16. The Morgan fingerprint density at radius 3 is 2.80 bits per heavy atom. The Bertz CT molecular complexity index is 1190. The fourth-order valence-corrected chi connectivity index (χ4v) is 4.90. The number of fused-ring (bicyclic) bond motifs is 1. The number of piperidine rings is 1. The van der Waals surface area contributed by atoms with Crippen molar-refractivity contribution in [1.29, 1.82) is 0 Å². The molecule has 0 bridgehead atoms. The monoisotopic (exact) mass is 414 g/mol. The van der Waals surface area contributed by atoms with Gasteiger partial charge in [-0.1, -0.05) is 36.4 Å². The van der Waals surface area contributed by atoms with Crippen LogP contribution in [0.5, 0.6) is 0 Å². The number of pyridine rings is 1. The number of carbonyl (C=O) groups excluding carboxylic acids is 1. The Labute approximate surface area is 179 Å². The molecule has 1 fully saturated rings. The molecule has 5 rings (SSSR count). The van der Waals surface area contributed by atoms with E-state index in [1.807, 2.05) is 58.0 Å². The minimum absolute atomic E-state index is 0.0585. The van der Waals surface area contributed by atoms with Crippen LogP contribution in [0.15, 0.2) is 72.9 Å². The highest BCUT2D eigenvalue weighted by atomic mass is 32.1. The van der Waals surface area contributed by atoms with Crippen LogP contribution in [0.3, 0.4) is 0 Å². The lowest BCUT2D eigenvalue weighted by molar-refractivity contribution is -0.127. The van der Waals surface area contributed by atoms with Crippen molar-refractivity contribution in [2.75, 3.05) is 13.1 Å². The summed E-state index contributed by atoms with van der Waals surface area (Å²) >= 11 is 1.70. The largest absolute Gasteiger partial charge is 0.338 e. The zero-order valence-electron chi connectivity index (χ0n) is 16.5. The van der Waals surface area contributed by atoms with Crippen molar-refractivity contribution in [3.63, 3.8) is 0 Å². The molecule has 5 nitrogen and oxygen atoms in total. The Kier molecular flexibility index (Phi) is 5.15. The summed E-state index contributed by atoms with van der Waals surface area (Å²) in [4.78, 5) is 17.0. The third-order valence-electron chi connectivity index (χ3n) is 5.51. The van der Waals surface area contributed by atoms with E-state index in [1.54, 1.807) is 17.4 Å². The van der Waals surface area contributed by atoms with E-state index in [0.717, 1.165) is 35.7 Å². The molecule has 1 atom stereocenters. The predicted octanol–water partition coefficient (Wildman–Crippen LogP) is 4.88. The summed E-state index contributed by atoms with van der Waals surface area (Å²) in [5.41, 5.74) is 2.05. The summed E-state index contributed by atoms with van der Waals surface area (Å²) in [5.74, 6) is 1.21. The topological polar surface area (TPSA) is 50.5 Å². The summed E-state index contributed by atoms with van der Waals surface area (Å²) in [6, 6.07) is 20.4. The van der Waals surface area contributed by atoms with E-state index in [2.05, 4.69) is 34.5 Å². The minimum atomic E-state index is 0.0585. The molecule has 0 aliphatic carbocycles. The molecule has 0 N–H and O–H groups in total.